The zero-order chi connectivity index (χ0) is 52.2. The normalized spacial score (nSPS) is 12.8. The Hall–Kier alpha value is -4.71. The summed E-state index contributed by atoms with van der Waals surface area (Å²) in [6.45, 7) is 6.45. The molecule has 0 aliphatic heterocycles. The number of ether oxygens (including phenoxy) is 3. The molecule has 0 rings (SSSR count). The van der Waals surface area contributed by atoms with Crippen molar-refractivity contribution in [2.24, 2.45) is 0 Å². The van der Waals surface area contributed by atoms with Crippen molar-refractivity contribution in [3.8, 4) is 0 Å². The van der Waals surface area contributed by atoms with E-state index in [1.165, 1.54) is 57.8 Å². The van der Waals surface area contributed by atoms with Crippen molar-refractivity contribution in [1.82, 2.24) is 0 Å². The first kappa shape index (κ1) is 67.3. The van der Waals surface area contributed by atoms with Gasteiger partial charge < -0.3 is 14.2 Å². The SMILES string of the molecule is CCCCC\C=C/C=C\C=C/C=C\CCCCCCCC(=O)OCC(COC(=O)CCCCCCC\C=C/C=C\C=C/C=C\CCCCC)OC(=O)CCCCCCC\C=C/C=C\C=C/C=C\CCCCC. The van der Waals surface area contributed by atoms with Gasteiger partial charge >= 0.3 is 17.9 Å². The molecule has 0 heterocycles. The van der Waals surface area contributed by atoms with Crippen LogP contribution in [-0.2, 0) is 28.6 Å². The van der Waals surface area contributed by atoms with E-state index < -0.39 is 6.10 Å². The Morgan fingerprint density at radius 1 is 0.278 bits per heavy atom. The van der Waals surface area contributed by atoms with Crippen molar-refractivity contribution in [3.63, 3.8) is 0 Å². The Balaban J connectivity index is 4.58. The summed E-state index contributed by atoms with van der Waals surface area (Å²) >= 11 is 0. The van der Waals surface area contributed by atoms with Crippen LogP contribution in [0.3, 0.4) is 0 Å². The van der Waals surface area contributed by atoms with Crippen molar-refractivity contribution < 1.29 is 28.6 Å². The molecule has 0 fully saturated rings. The van der Waals surface area contributed by atoms with Gasteiger partial charge in [-0.15, -0.1) is 0 Å². The Morgan fingerprint density at radius 3 is 0.778 bits per heavy atom. The van der Waals surface area contributed by atoms with Gasteiger partial charge in [-0.25, -0.2) is 0 Å². The van der Waals surface area contributed by atoms with Crippen molar-refractivity contribution in [1.29, 1.82) is 0 Å². The molecule has 0 aliphatic carbocycles. The molecule has 0 radical (unpaired) electrons. The number of hydrogen-bond acceptors (Lipinski definition) is 6. The number of unbranched alkanes of at least 4 members (excludes halogenated alkanes) is 24. The maximum Gasteiger partial charge on any atom is 0.306 e. The summed E-state index contributed by atoms with van der Waals surface area (Å²) in [5, 5.41) is 0. The molecule has 0 aromatic carbocycles. The van der Waals surface area contributed by atoms with E-state index in [1.54, 1.807) is 0 Å². The fraction of sp³-hybridized carbons (Fsp3) is 0.591. The molecular formula is C66H104O6. The minimum atomic E-state index is -0.819. The van der Waals surface area contributed by atoms with E-state index in [0.29, 0.717) is 12.8 Å². The first-order chi connectivity index (χ1) is 35.5. The molecule has 6 nitrogen and oxygen atoms in total. The number of rotatable bonds is 50. The molecule has 0 bridgehead atoms. The number of carbonyl (C=O) groups excluding carboxylic acids is 3. The Morgan fingerprint density at radius 2 is 0.500 bits per heavy atom. The van der Waals surface area contributed by atoms with E-state index in [9.17, 15) is 14.4 Å². The van der Waals surface area contributed by atoms with Crippen LogP contribution in [-0.4, -0.2) is 37.2 Å². The molecule has 0 aromatic rings. The van der Waals surface area contributed by atoms with E-state index in [0.717, 1.165) is 135 Å². The summed E-state index contributed by atoms with van der Waals surface area (Å²) < 4.78 is 16.8. The zero-order valence-corrected chi connectivity index (χ0v) is 46.1. The monoisotopic (exact) mass is 993 g/mol. The Kier molecular flexibility index (Phi) is 55.0. The van der Waals surface area contributed by atoms with E-state index in [2.05, 4.69) is 167 Å². The quantitative estimate of drug-likeness (QED) is 0.0261. The standard InChI is InChI=1S/C66H104O6/c1-4-7-10-13-16-19-22-25-28-31-34-37-40-43-46-49-52-55-58-64(67)70-61-63(72-66(69)60-57-54-51-48-45-42-39-36-33-30-27-24-21-18-15-12-9-6-3)62-71-65(68)59-56-53-50-47-44-41-38-35-32-29-26-23-20-17-14-11-8-5-2/h16-39,63H,4-15,40-62H2,1-3H3/b19-16-,20-17-,21-18-,25-22-,26-23-,27-24-,31-28-,32-29-,33-30-,37-34-,38-35-,39-36-. The van der Waals surface area contributed by atoms with E-state index in [-0.39, 0.29) is 37.5 Å². The third-order valence-corrected chi connectivity index (χ3v) is 11.8. The van der Waals surface area contributed by atoms with Gasteiger partial charge in [0.1, 0.15) is 13.2 Å². The largest absolute Gasteiger partial charge is 0.462 e. The second kappa shape index (κ2) is 58.9. The van der Waals surface area contributed by atoms with Gasteiger partial charge in [0, 0.05) is 19.3 Å². The van der Waals surface area contributed by atoms with Gasteiger partial charge in [-0.05, 0) is 96.3 Å². The van der Waals surface area contributed by atoms with Gasteiger partial charge in [-0.2, -0.15) is 0 Å². The second-order valence-corrected chi connectivity index (χ2v) is 18.8. The Labute approximate surface area is 442 Å². The van der Waals surface area contributed by atoms with Gasteiger partial charge in [-0.3, -0.25) is 14.4 Å². The smallest absolute Gasteiger partial charge is 0.306 e. The maximum atomic E-state index is 12.9. The molecule has 0 saturated carbocycles. The lowest BCUT2D eigenvalue weighted by Crippen LogP contribution is -2.30. The van der Waals surface area contributed by atoms with E-state index >= 15 is 0 Å². The number of esters is 3. The topological polar surface area (TPSA) is 78.9 Å². The summed E-state index contributed by atoms with van der Waals surface area (Å²) in [5.41, 5.74) is 0. The number of carbonyl (C=O) groups is 3. The van der Waals surface area contributed by atoms with Crippen LogP contribution >= 0.6 is 0 Å². The molecule has 0 amide bonds. The predicted octanol–water partition coefficient (Wildman–Crippen LogP) is 19.6. The average molecular weight is 994 g/mol. The maximum absolute atomic E-state index is 12.9. The average Bonchev–Trinajstić information content (AvgIpc) is 3.38. The van der Waals surface area contributed by atoms with Gasteiger partial charge in [-0.1, -0.05) is 263 Å². The van der Waals surface area contributed by atoms with Crippen LogP contribution in [0.5, 0.6) is 0 Å². The van der Waals surface area contributed by atoms with Crippen molar-refractivity contribution in [2.75, 3.05) is 13.2 Å². The minimum Gasteiger partial charge on any atom is -0.462 e. The molecule has 404 valence electrons. The van der Waals surface area contributed by atoms with Crippen LogP contribution in [0, 0.1) is 0 Å². The lowest BCUT2D eigenvalue weighted by atomic mass is 10.1. The van der Waals surface area contributed by atoms with Crippen LogP contribution in [0.4, 0.5) is 0 Å². The van der Waals surface area contributed by atoms with E-state index in [4.69, 9.17) is 14.2 Å². The van der Waals surface area contributed by atoms with Gasteiger partial charge in [0.05, 0.1) is 0 Å². The molecule has 6 heteroatoms. The highest BCUT2D eigenvalue weighted by molar-refractivity contribution is 5.71. The van der Waals surface area contributed by atoms with E-state index in [1.807, 2.05) is 0 Å². The molecular weight excluding hydrogens is 889 g/mol. The predicted molar refractivity (Wildman–Crippen MR) is 311 cm³/mol. The highest BCUT2D eigenvalue weighted by atomic mass is 16.6. The Bertz CT molecular complexity index is 1530. The highest BCUT2D eigenvalue weighted by Crippen LogP contribution is 2.13. The molecule has 72 heavy (non-hydrogen) atoms. The fourth-order valence-electron chi connectivity index (χ4n) is 7.42. The highest BCUT2D eigenvalue weighted by Gasteiger charge is 2.19. The van der Waals surface area contributed by atoms with Crippen molar-refractivity contribution in [2.45, 2.75) is 239 Å². The molecule has 0 aromatic heterocycles. The lowest BCUT2D eigenvalue weighted by molar-refractivity contribution is -0.167. The molecule has 0 unspecified atom stereocenters. The first-order valence-corrected chi connectivity index (χ1v) is 29.0. The molecule has 0 atom stereocenters. The number of allylic oxidation sites excluding steroid dienone is 24. The second-order valence-electron chi connectivity index (χ2n) is 18.8. The minimum absolute atomic E-state index is 0.114. The van der Waals surface area contributed by atoms with Gasteiger partial charge in [0.25, 0.3) is 0 Å². The molecule has 0 saturated heterocycles. The summed E-state index contributed by atoms with van der Waals surface area (Å²) in [6, 6.07) is 0. The van der Waals surface area contributed by atoms with Crippen LogP contribution in [0.25, 0.3) is 0 Å². The van der Waals surface area contributed by atoms with Crippen molar-refractivity contribution >= 4 is 17.9 Å². The van der Waals surface area contributed by atoms with Gasteiger partial charge in [0.2, 0.25) is 0 Å². The third-order valence-electron chi connectivity index (χ3n) is 11.8. The lowest BCUT2D eigenvalue weighted by Gasteiger charge is -2.18. The summed E-state index contributed by atoms with van der Waals surface area (Å²) in [5.74, 6) is -0.986. The number of hydrogen-bond donors (Lipinski definition) is 0. The summed E-state index contributed by atoms with van der Waals surface area (Å²) in [7, 11) is 0. The van der Waals surface area contributed by atoms with Gasteiger partial charge in [0.15, 0.2) is 6.10 Å². The summed E-state index contributed by atoms with van der Waals surface area (Å²) in [6.07, 6.45) is 83.8. The van der Waals surface area contributed by atoms with Crippen LogP contribution in [0.15, 0.2) is 146 Å². The van der Waals surface area contributed by atoms with Crippen molar-refractivity contribution in [3.05, 3.63) is 146 Å². The first-order valence-electron chi connectivity index (χ1n) is 29.0. The van der Waals surface area contributed by atoms with Crippen LogP contribution in [0.2, 0.25) is 0 Å². The molecule has 0 spiro atoms. The van der Waals surface area contributed by atoms with Crippen LogP contribution in [0.1, 0.15) is 233 Å². The molecule has 0 N–H and O–H groups in total. The zero-order valence-electron chi connectivity index (χ0n) is 46.1. The fourth-order valence-corrected chi connectivity index (χ4v) is 7.42. The third kappa shape index (κ3) is 56.2. The summed E-state index contributed by atoms with van der Waals surface area (Å²) in [4.78, 5) is 38.2. The molecule has 0 aliphatic rings. The van der Waals surface area contributed by atoms with Crippen LogP contribution < -0.4 is 0 Å².